The van der Waals surface area contributed by atoms with Crippen molar-refractivity contribution in [2.24, 2.45) is 0 Å². The second kappa shape index (κ2) is 7.82. The molecule has 3 rings (SSSR count). The van der Waals surface area contributed by atoms with Gasteiger partial charge in [-0.1, -0.05) is 19.9 Å². The van der Waals surface area contributed by atoms with Crippen molar-refractivity contribution in [1.82, 2.24) is 14.8 Å². The third-order valence-electron chi connectivity index (χ3n) is 3.86. The van der Waals surface area contributed by atoms with Crippen LogP contribution in [-0.4, -0.2) is 30.9 Å². The van der Waals surface area contributed by atoms with Gasteiger partial charge in [-0.3, -0.25) is 19.8 Å². The fourth-order valence-corrected chi connectivity index (χ4v) is 2.71. The first-order chi connectivity index (χ1) is 11.1. The van der Waals surface area contributed by atoms with E-state index in [1.54, 1.807) is 29.1 Å². The van der Waals surface area contributed by atoms with Crippen LogP contribution in [0.25, 0.3) is 11.4 Å². The number of aromatic nitrogens is 3. The van der Waals surface area contributed by atoms with Gasteiger partial charge in [-0.05, 0) is 37.8 Å². The average molecular weight is 318 g/mol. The van der Waals surface area contributed by atoms with Gasteiger partial charge in [0.05, 0.1) is 22.8 Å². The van der Waals surface area contributed by atoms with Crippen LogP contribution in [0.2, 0.25) is 0 Å². The topological polar surface area (TPSA) is 94.1 Å². The van der Waals surface area contributed by atoms with E-state index < -0.39 is 4.92 Å². The highest BCUT2D eigenvalue weighted by Crippen LogP contribution is 2.33. The summed E-state index contributed by atoms with van der Waals surface area (Å²) >= 11 is 0. The molecule has 0 amide bonds. The van der Waals surface area contributed by atoms with Gasteiger partial charge >= 0.3 is 5.69 Å². The van der Waals surface area contributed by atoms with Gasteiger partial charge in [0.2, 0.25) is 0 Å². The first-order valence-corrected chi connectivity index (χ1v) is 7.98. The lowest BCUT2D eigenvalue weighted by molar-refractivity contribution is -0.384. The van der Waals surface area contributed by atoms with Crippen LogP contribution in [0.5, 0.6) is 0 Å². The highest BCUT2D eigenvalue weighted by Gasteiger charge is 2.27. The molecule has 1 fully saturated rings. The number of hydrogen-bond donors (Lipinski definition) is 1. The maximum Gasteiger partial charge on any atom is 0.316 e. The van der Waals surface area contributed by atoms with Crippen molar-refractivity contribution in [3.8, 4) is 11.4 Å². The van der Waals surface area contributed by atoms with E-state index in [1.807, 2.05) is 13.8 Å². The number of nitrogens with zero attached hydrogens (tertiary/aromatic N) is 4. The summed E-state index contributed by atoms with van der Waals surface area (Å²) in [5.41, 5.74) is 0.769. The zero-order valence-corrected chi connectivity index (χ0v) is 13.4. The molecule has 1 aliphatic carbocycles. The Morgan fingerprint density at radius 1 is 1.26 bits per heavy atom. The molecule has 0 aromatic carbocycles. The largest absolute Gasteiger partial charge is 0.393 e. The summed E-state index contributed by atoms with van der Waals surface area (Å²) < 4.78 is 1.66. The summed E-state index contributed by atoms with van der Waals surface area (Å²) in [5.74, 6) is 0. The van der Waals surface area contributed by atoms with Crippen LogP contribution in [0.1, 0.15) is 45.6 Å². The smallest absolute Gasteiger partial charge is 0.316 e. The van der Waals surface area contributed by atoms with Gasteiger partial charge in [-0.15, -0.1) is 0 Å². The molecular weight excluding hydrogens is 296 g/mol. The summed E-state index contributed by atoms with van der Waals surface area (Å²) in [6.07, 6.45) is 5.78. The quantitative estimate of drug-likeness (QED) is 0.691. The van der Waals surface area contributed by atoms with Crippen molar-refractivity contribution in [2.75, 3.05) is 0 Å². The molecule has 0 atom stereocenters. The van der Waals surface area contributed by atoms with Gasteiger partial charge in [0.1, 0.15) is 6.20 Å². The monoisotopic (exact) mass is 318 g/mol. The molecule has 23 heavy (non-hydrogen) atoms. The predicted octanol–water partition coefficient (Wildman–Crippen LogP) is 3.36. The Bertz CT molecular complexity index is 634. The SMILES string of the molecule is CC.O=[N+]([O-])c1cn(C2CCC(O)CC2)nc1-c1ccccn1. The van der Waals surface area contributed by atoms with E-state index in [-0.39, 0.29) is 17.8 Å². The number of pyridine rings is 1. The molecule has 2 aromatic rings. The molecule has 1 N–H and O–H groups in total. The van der Waals surface area contributed by atoms with Gasteiger partial charge in [-0.25, -0.2) is 0 Å². The van der Waals surface area contributed by atoms with Gasteiger partial charge in [0.15, 0.2) is 5.69 Å². The van der Waals surface area contributed by atoms with Gasteiger partial charge < -0.3 is 5.11 Å². The van der Waals surface area contributed by atoms with E-state index in [9.17, 15) is 15.2 Å². The van der Waals surface area contributed by atoms with E-state index in [2.05, 4.69) is 10.1 Å². The molecule has 1 aliphatic rings. The molecule has 1 saturated carbocycles. The molecule has 2 heterocycles. The molecule has 0 bridgehead atoms. The Kier molecular flexibility index (Phi) is 5.81. The van der Waals surface area contributed by atoms with Crippen molar-refractivity contribution in [3.63, 3.8) is 0 Å². The zero-order chi connectivity index (χ0) is 16.8. The van der Waals surface area contributed by atoms with Crippen LogP contribution >= 0.6 is 0 Å². The Labute approximate surface area is 135 Å². The Hall–Kier alpha value is -2.28. The number of aliphatic hydroxyl groups is 1. The highest BCUT2D eigenvalue weighted by atomic mass is 16.6. The number of hydrogen-bond acceptors (Lipinski definition) is 5. The molecular formula is C16H22N4O3. The van der Waals surface area contributed by atoms with Crippen LogP contribution in [0, 0.1) is 10.1 Å². The molecule has 124 valence electrons. The van der Waals surface area contributed by atoms with Crippen LogP contribution in [0.3, 0.4) is 0 Å². The minimum atomic E-state index is -0.425. The van der Waals surface area contributed by atoms with Crippen molar-refractivity contribution >= 4 is 5.69 Å². The Balaban J connectivity index is 0.000000924. The minimum Gasteiger partial charge on any atom is -0.393 e. The Morgan fingerprint density at radius 3 is 2.52 bits per heavy atom. The molecule has 0 radical (unpaired) electrons. The van der Waals surface area contributed by atoms with Crippen LogP contribution < -0.4 is 0 Å². The molecule has 0 unspecified atom stereocenters. The van der Waals surface area contributed by atoms with Gasteiger partial charge in [0.25, 0.3) is 0 Å². The molecule has 0 saturated heterocycles. The number of rotatable bonds is 3. The fraction of sp³-hybridized carbons (Fsp3) is 0.500. The molecule has 2 aromatic heterocycles. The van der Waals surface area contributed by atoms with E-state index >= 15 is 0 Å². The second-order valence-corrected chi connectivity index (χ2v) is 5.28. The lowest BCUT2D eigenvalue weighted by Gasteiger charge is -2.25. The van der Waals surface area contributed by atoms with Crippen LogP contribution in [0.15, 0.2) is 30.6 Å². The second-order valence-electron chi connectivity index (χ2n) is 5.28. The highest BCUT2D eigenvalue weighted by molar-refractivity contribution is 5.65. The fourth-order valence-electron chi connectivity index (χ4n) is 2.71. The van der Waals surface area contributed by atoms with Gasteiger partial charge in [-0.2, -0.15) is 5.10 Å². The van der Waals surface area contributed by atoms with E-state index in [1.165, 1.54) is 6.20 Å². The van der Waals surface area contributed by atoms with Crippen molar-refractivity contribution in [3.05, 3.63) is 40.7 Å². The van der Waals surface area contributed by atoms with Gasteiger partial charge in [0, 0.05) is 6.20 Å². The van der Waals surface area contributed by atoms with E-state index in [4.69, 9.17) is 0 Å². The van der Waals surface area contributed by atoms with Crippen LogP contribution in [-0.2, 0) is 0 Å². The maximum atomic E-state index is 11.2. The maximum absolute atomic E-state index is 11.2. The van der Waals surface area contributed by atoms with Crippen molar-refractivity contribution in [1.29, 1.82) is 0 Å². The van der Waals surface area contributed by atoms with Crippen molar-refractivity contribution < 1.29 is 10.0 Å². The summed E-state index contributed by atoms with van der Waals surface area (Å²) in [6, 6.07) is 5.35. The molecule has 7 nitrogen and oxygen atoms in total. The summed E-state index contributed by atoms with van der Waals surface area (Å²) in [7, 11) is 0. The molecule has 0 aliphatic heterocycles. The summed E-state index contributed by atoms with van der Waals surface area (Å²) in [6.45, 7) is 4.00. The number of aliphatic hydroxyl groups excluding tert-OH is 1. The third-order valence-corrected chi connectivity index (χ3v) is 3.86. The minimum absolute atomic E-state index is 0.0279. The standard InChI is InChI=1S/C14H16N4O3.C2H6/c19-11-6-4-10(5-7-11)17-9-13(18(20)21)14(16-17)12-3-1-2-8-15-12;1-2/h1-3,8-11,19H,4-7H2;1-2H3. The normalized spacial score (nSPS) is 20.5. The lowest BCUT2D eigenvalue weighted by atomic mass is 9.93. The Morgan fingerprint density at radius 2 is 1.96 bits per heavy atom. The summed E-state index contributed by atoms with van der Waals surface area (Å²) in [4.78, 5) is 14.9. The average Bonchev–Trinajstić information content (AvgIpc) is 3.04. The van der Waals surface area contributed by atoms with Crippen LogP contribution in [0.4, 0.5) is 5.69 Å². The van der Waals surface area contributed by atoms with E-state index in [0.717, 1.165) is 12.8 Å². The predicted molar refractivity (Wildman–Crippen MR) is 87.0 cm³/mol. The number of nitro groups is 1. The summed E-state index contributed by atoms with van der Waals surface area (Å²) in [5, 5.41) is 25.2. The van der Waals surface area contributed by atoms with Crippen molar-refractivity contribution in [2.45, 2.75) is 51.7 Å². The molecule has 0 spiro atoms. The first kappa shape index (κ1) is 17.1. The zero-order valence-electron chi connectivity index (χ0n) is 13.4. The third kappa shape index (κ3) is 3.92. The molecule has 7 heteroatoms. The van der Waals surface area contributed by atoms with E-state index in [0.29, 0.717) is 24.2 Å². The first-order valence-electron chi connectivity index (χ1n) is 7.98. The lowest BCUT2D eigenvalue weighted by Crippen LogP contribution is -2.21.